The van der Waals surface area contributed by atoms with Gasteiger partial charge in [0.15, 0.2) is 0 Å². The van der Waals surface area contributed by atoms with Crippen molar-refractivity contribution in [3.8, 4) is 0 Å². The van der Waals surface area contributed by atoms with Gasteiger partial charge in [0.05, 0.1) is 0 Å². The molecule has 0 spiro atoms. The molecule has 2 nitrogen and oxygen atoms in total. The van der Waals surface area contributed by atoms with Crippen molar-refractivity contribution >= 4 is 0 Å². The number of benzene rings is 2. The van der Waals surface area contributed by atoms with Gasteiger partial charge in [-0.25, -0.2) is 0 Å². The van der Waals surface area contributed by atoms with Gasteiger partial charge in [0.25, 0.3) is 0 Å². The fourth-order valence-corrected chi connectivity index (χ4v) is 3.32. The Balaban J connectivity index is 2.49. The zero-order valence-corrected chi connectivity index (χ0v) is 14.1. The summed E-state index contributed by atoms with van der Waals surface area (Å²) in [5.74, 6) is 0.826. The fourth-order valence-electron chi connectivity index (χ4n) is 3.32. The molecule has 22 heavy (non-hydrogen) atoms. The molecule has 0 bridgehead atoms. The number of nitrogens with one attached hydrogen (secondary N) is 2. The monoisotopic (exact) mass is 296 g/mol. The normalized spacial score (nSPS) is 16.7. The van der Waals surface area contributed by atoms with Crippen LogP contribution >= 0.6 is 0 Å². The summed E-state index contributed by atoms with van der Waals surface area (Å²) < 4.78 is 0. The lowest BCUT2D eigenvalue weighted by Gasteiger charge is -2.36. The Morgan fingerprint density at radius 2 is 0.909 bits per heavy atom. The average Bonchev–Trinajstić information content (AvgIpc) is 2.59. The minimum absolute atomic E-state index is 0.392. The minimum atomic E-state index is 0.392. The predicted molar refractivity (Wildman–Crippen MR) is 95.4 cm³/mol. The van der Waals surface area contributed by atoms with Crippen molar-refractivity contribution < 1.29 is 0 Å². The van der Waals surface area contributed by atoms with Gasteiger partial charge in [0.1, 0.15) is 0 Å². The summed E-state index contributed by atoms with van der Waals surface area (Å²) in [5.41, 5.74) is 2.78. The molecule has 0 aliphatic rings. The molecule has 0 saturated heterocycles. The number of hydrogen-bond acceptors (Lipinski definition) is 2. The first-order chi connectivity index (χ1) is 10.7. The van der Waals surface area contributed by atoms with Gasteiger partial charge in [-0.05, 0) is 39.1 Å². The molecule has 4 unspecified atom stereocenters. The summed E-state index contributed by atoms with van der Waals surface area (Å²) in [5, 5.41) is 6.93. The van der Waals surface area contributed by atoms with E-state index >= 15 is 0 Å². The van der Waals surface area contributed by atoms with Gasteiger partial charge in [-0.2, -0.15) is 0 Å². The molecule has 118 valence electrons. The van der Waals surface area contributed by atoms with E-state index < -0.39 is 0 Å². The molecule has 4 atom stereocenters. The van der Waals surface area contributed by atoms with Gasteiger partial charge in [-0.1, -0.05) is 60.7 Å². The molecular weight excluding hydrogens is 268 g/mol. The van der Waals surface area contributed by atoms with Crippen molar-refractivity contribution in [1.29, 1.82) is 0 Å². The Bertz CT molecular complexity index is 487. The molecule has 0 saturated carbocycles. The zero-order valence-electron chi connectivity index (χ0n) is 14.1. The molecule has 0 aromatic heterocycles. The van der Waals surface area contributed by atoms with Crippen LogP contribution in [-0.2, 0) is 0 Å². The van der Waals surface area contributed by atoms with Crippen LogP contribution in [0.4, 0.5) is 0 Å². The van der Waals surface area contributed by atoms with Crippen LogP contribution < -0.4 is 10.6 Å². The third-order valence-electron chi connectivity index (χ3n) is 4.74. The number of likely N-dealkylation sites (N-methyl/N-ethyl adjacent to an activating group) is 2. The number of rotatable bonds is 7. The lowest BCUT2D eigenvalue weighted by atomic mass is 9.74. The van der Waals surface area contributed by atoms with Crippen molar-refractivity contribution in [2.75, 3.05) is 14.1 Å². The second-order valence-corrected chi connectivity index (χ2v) is 6.03. The molecule has 0 amide bonds. The molecule has 2 N–H and O–H groups in total. The first kappa shape index (κ1) is 16.7. The highest BCUT2D eigenvalue weighted by Gasteiger charge is 2.32. The van der Waals surface area contributed by atoms with E-state index in [-0.39, 0.29) is 0 Å². The summed E-state index contributed by atoms with van der Waals surface area (Å²) in [4.78, 5) is 0. The van der Waals surface area contributed by atoms with Crippen LogP contribution in [0.1, 0.15) is 36.8 Å². The van der Waals surface area contributed by atoms with E-state index in [9.17, 15) is 0 Å². The Hall–Kier alpha value is -1.64. The molecule has 0 aliphatic heterocycles. The quantitative estimate of drug-likeness (QED) is 0.813. The molecule has 2 heteroatoms. The van der Waals surface area contributed by atoms with Gasteiger partial charge >= 0.3 is 0 Å². The van der Waals surface area contributed by atoms with Gasteiger partial charge < -0.3 is 10.6 Å². The van der Waals surface area contributed by atoms with Crippen LogP contribution in [0, 0.1) is 0 Å². The summed E-state index contributed by atoms with van der Waals surface area (Å²) in [6.45, 7) is 4.55. The molecule has 0 radical (unpaired) electrons. The summed E-state index contributed by atoms with van der Waals surface area (Å²) >= 11 is 0. The summed E-state index contributed by atoms with van der Waals surface area (Å²) in [7, 11) is 4.10. The van der Waals surface area contributed by atoms with Crippen LogP contribution in [0.2, 0.25) is 0 Å². The largest absolute Gasteiger partial charge is 0.317 e. The average molecular weight is 296 g/mol. The molecular formula is C20H28N2. The third-order valence-corrected chi connectivity index (χ3v) is 4.74. The minimum Gasteiger partial charge on any atom is -0.317 e. The Morgan fingerprint density at radius 1 is 0.591 bits per heavy atom. The fraction of sp³-hybridized carbons (Fsp3) is 0.400. The van der Waals surface area contributed by atoms with Crippen molar-refractivity contribution in [2.24, 2.45) is 0 Å². The van der Waals surface area contributed by atoms with E-state index in [1.807, 2.05) is 14.1 Å². The van der Waals surface area contributed by atoms with Gasteiger partial charge in [0.2, 0.25) is 0 Å². The molecule has 2 rings (SSSR count). The maximum atomic E-state index is 3.46. The third kappa shape index (κ3) is 3.76. The molecule has 2 aromatic rings. The topological polar surface area (TPSA) is 24.1 Å². The van der Waals surface area contributed by atoms with E-state index in [1.165, 1.54) is 11.1 Å². The lowest BCUT2D eigenvalue weighted by Crippen LogP contribution is -2.40. The van der Waals surface area contributed by atoms with E-state index in [0.29, 0.717) is 23.9 Å². The Kier molecular flexibility index (Phi) is 6.17. The van der Waals surface area contributed by atoms with Crippen LogP contribution in [-0.4, -0.2) is 26.2 Å². The van der Waals surface area contributed by atoms with E-state index in [4.69, 9.17) is 0 Å². The van der Waals surface area contributed by atoms with Gasteiger partial charge in [-0.15, -0.1) is 0 Å². The number of hydrogen-bond donors (Lipinski definition) is 2. The predicted octanol–water partition coefficient (Wildman–Crippen LogP) is 3.77. The van der Waals surface area contributed by atoms with E-state index in [1.54, 1.807) is 0 Å². The van der Waals surface area contributed by atoms with Crippen LogP contribution in [0.25, 0.3) is 0 Å². The standard InChI is InChI=1S/C20H28N2/c1-15(21-3)19(17-11-7-5-8-12-17)20(16(2)22-4)18-13-9-6-10-14-18/h5-16,19-22H,1-4H3. The SMILES string of the molecule is CNC(C)C(c1ccccc1)C(c1ccccc1)C(C)NC. The molecule has 0 heterocycles. The lowest BCUT2D eigenvalue weighted by molar-refractivity contribution is 0.363. The second kappa shape index (κ2) is 8.11. The molecule has 0 aliphatic carbocycles. The summed E-state index contributed by atoms with van der Waals surface area (Å²) in [6, 6.07) is 22.5. The Morgan fingerprint density at radius 3 is 1.18 bits per heavy atom. The highest BCUT2D eigenvalue weighted by Crippen LogP contribution is 2.38. The van der Waals surface area contributed by atoms with Crippen molar-refractivity contribution in [2.45, 2.75) is 37.8 Å². The van der Waals surface area contributed by atoms with Crippen molar-refractivity contribution in [3.05, 3.63) is 71.8 Å². The second-order valence-electron chi connectivity index (χ2n) is 6.03. The van der Waals surface area contributed by atoms with E-state index in [0.717, 1.165) is 0 Å². The first-order valence-electron chi connectivity index (χ1n) is 8.13. The van der Waals surface area contributed by atoms with Crippen molar-refractivity contribution in [1.82, 2.24) is 10.6 Å². The highest BCUT2D eigenvalue weighted by molar-refractivity contribution is 5.31. The Labute approximate surface area is 135 Å². The van der Waals surface area contributed by atoms with Crippen molar-refractivity contribution in [3.63, 3.8) is 0 Å². The highest BCUT2D eigenvalue weighted by atomic mass is 14.9. The molecule has 0 fully saturated rings. The van der Waals surface area contributed by atoms with Gasteiger partial charge in [0, 0.05) is 23.9 Å². The summed E-state index contributed by atoms with van der Waals surface area (Å²) in [6.07, 6.45) is 0. The maximum Gasteiger partial charge on any atom is 0.0111 e. The zero-order chi connectivity index (χ0) is 15.9. The van der Waals surface area contributed by atoms with Crippen LogP contribution in [0.5, 0.6) is 0 Å². The van der Waals surface area contributed by atoms with Crippen LogP contribution in [0.15, 0.2) is 60.7 Å². The van der Waals surface area contributed by atoms with E-state index in [2.05, 4.69) is 85.1 Å². The van der Waals surface area contributed by atoms with Crippen LogP contribution in [0.3, 0.4) is 0 Å². The molecule has 2 aromatic carbocycles. The van der Waals surface area contributed by atoms with Gasteiger partial charge in [-0.3, -0.25) is 0 Å². The smallest absolute Gasteiger partial charge is 0.0111 e. The first-order valence-corrected chi connectivity index (χ1v) is 8.13. The maximum absolute atomic E-state index is 3.46.